The third kappa shape index (κ3) is 7.92. The SMILES string of the molecule is Cc1cc(C(C)(C)C)cc(C)c1N1c2cc(N(c3ccccc3)c3ccc4ccccc4c3-c3ccccc3)ccc2B2c3cc4c(cc3N(c3c(C)cccc3C)c3cc(C(C)(C)C)cc1c32)C(C)(C)CCC4(C)C. The van der Waals surface area contributed by atoms with Crippen molar-refractivity contribution in [3.63, 3.8) is 0 Å². The summed E-state index contributed by atoms with van der Waals surface area (Å²) in [5.74, 6) is 0. The van der Waals surface area contributed by atoms with Crippen molar-refractivity contribution in [2.75, 3.05) is 14.7 Å². The van der Waals surface area contributed by atoms with Gasteiger partial charge < -0.3 is 14.7 Å². The normalized spacial score (nSPS) is 15.3. The van der Waals surface area contributed by atoms with Crippen LogP contribution in [0.4, 0.5) is 51.2 Å². The van der Waals surface area contributed by atoms with Crippen molar-refractivity contribution < 1.29 is 0 Å². The Kier molecular flexibility index (Phi) is 11.5. The summed E-state index contributed by atoms with van der Waals surface area (Å²) in [7, 11) is 0. The third-order valence-corrected chi connectivity index (χ3v) is 17.6. The second kappa shape index (κ2) is 17.6. The number of nitrogens with zero attached hydrogens (tertiary/aromatic N) is 3. The number of anilines is 9. The van der Waals surface area contributed by atoms with Gasteiger partial charge in [0.05, 0.1) is 17.1 Å². The van der Waals surface area contributed by atoms with E-state index in [0.29, 0.717) is 0 Å². The molecule has 1 aliphatic carbocycles. The van der Waals surface area contributed by atoms with Crippen molar-refractivity contribution in [3.05, 3.63) is 214 Å². The summed E-state index contributed by atoms with van der Waals surface area (Å²) in [5, 5.41) is 2.45. The first kappa shape index (κ1) is 49.6. The number of fused-ring (bicyclic) bond motifs is 6. The van der Waals surface area contributed by atoms with Gasteiger partial charge in [0.15, 0.2) is 0 Å². The van der Waals surface area contributed by atoms with E-state index < -0.39 is 0 Å². The lowest BCUT2D eigenvalue weighted by atomic mass is 9.33. The Morgan fingerprint density at radius 2 is 0.974 bits per heavy atom. The van der Waals surface area contributed by atoms with Crippen LogP contribution in [0.5, 0.6) is 0 Å². The summed E-state index contributed by atoms with van der Waals surface area (Å²) in [4.78, 5) is 7.91. The quantitative estimate of drug-likeness (QED) is 0.154. The van der Waals surface area contributed by atoms with E-state index in [1.54, 1.807) is 0 Å². The van der Waals surface area contributed by atoms with Gasteiger partial charge in [0.25, 0.3) is 6.71 Å². The van der Waals surface area contributed by atoms with Gasteiger partial charge in [-0.1, -0.05) is 191 Å². The van der Waals surface area contributed by atoms with E-state index in [-0.39, 0.29) is 28.4 Å². The zero-order chi connectivity index (χ0) is 53.4. The molecule has 4 heteroatoms. The van der Waals surface area contributed by atoms with Crippen LogP contribution in [0, 0.1) is 27.7 Å². The first-order chi connectivity index (χ1) is 36.1. The number of benzene rings is 9. The maximum Gasteiger partial charge on any atom is 0.252 e. The molecule has 0 fully saturated rings. The molecule has 0 N–H and O–H groups in total. The van der Waals surface area contributed by atoms with Crippen LogP contribution in [0.25, 0.3) is 21.9 Å². The molecule has 0 bridgehead atoms. The minimum absolute atomic E-state index is 0.0129. The summed E-state index contributed by atoms with van der Waals surface area (Å²) in [6, 6.07) is 65.2. The molecule has 9 aromatic rings. The summed E-state index contributed by atoms with van der Waals surface area (Å²) < 4.78 is 0. The van der Waals surface area contributed by atoms with Crippen LogP contribution in [-0.2, 0) is 21.7 Å². The van der Waals surface area contributed by atoms with Crippen molar-refractivity contribution in [2.24, 2.45) is 0 Å². The van der Waals surface area contributed by atoms with Gasteiger partial charge in [-0.25, -0.2) is 0 Å². The average molecular weight is 992 g/mol. The highest BCUT2D eigenvalue weighted by atomic mass is 15.2. The van der Waals surface area contributed by atoms with Gasteiger partial charge in [-0.05, 0) is 188 Å². The van der Waals surface area contributed by atoms with Crippen LogP contribution in [0.2, 0.25) is 0 Å². The first-order valence-electron chi connectivity index (χ1n) is 27.8. The number of para-hydroxylation sites is 2. The molecule has 76 heavy (non-hydrogen) atoms. The van der Waals surface area contributed by atoms with E-state index in [0.717, 1.165) is 29.9 Å². The van der Waals surface area contributed by atoms with Crippen LogP contribution in [-0.4, -0.2) is 6.71 Å². The molecule has 0 radical (unpaired) electrons. The Morgan fingerprint density at radius 3 is 1.58 bits per heavy atom. The molecule has 0 amide bonds. The average Bonchev–Trinajstić information content (AvgIpc) is 3.59. The fourth-order valence-electron chi connectivity index (χ4n) is 13.4. The second-order valence-corrected chi connectivity index (χ2v) is 25.9. The predicted molar refractivity (Wildman–Crippen MR) is 330 cm³/mol. The lowest BCUT2D eigenvalue weighted by molar-refractivity contribution is 0.332. The van der Waals surface area contributed by atoms with Gasteiger partial charge in [0, 0.05) is 39.7 Å². The Balaban J connectivity index is 1.23. The van der Waals surface area contributed by atoms with Crippen molar-refractivity contribution >= 4 is 85.1 Å². The topological polar surface area (TPSA) is 9.72 Å². The standard InChI is InChI=1S/C72H74BN3/c1-45-24-23-25-46(2)67(45)76-62-44-57-56(71(11,12)36-37-72(57,13)14)43-59(62)73-58-34-33-54(74(53-29-19-16-20-30-53)60-35-32-49-26-21-22-31-55(49)65(60)50-27-17-15-18-28-50)42-61(58)75(63-40-52(70(8,9)10)41-64(76)66(63)73)68-47(3)38-51(39-48(68)4)69(5,6)7/h15-35,38-44H,36-37H2,1-14H3. The van der Waals surface area contributed by atoms with Crippen LogP contribution in [0.3, 0.4) is 0 Å². The monoisotopic (exact) mass is 992 g/mol. The highest BCUT2D eigenvalue weighted by Crippen LogP contribution is 2.54. The molecule has 0 spiro atoms. The van der Waals surface area contributed by atoms with E-state index >= 15 is 0 Å². The van der Waals surface area contributed by atoms with E-state index in [9.17, 15) is 0 Å². The zero-order valence-electron chi connectivity index (χ0n) is 47.5. The van der Waals surface area contributed by atoms with Crippen LogP contribution >= 0.6 is 0 Å². The Hall–Kier alpha value is -7.30. The molecule has 0 aromatic heterocycles. The number of hydrogen-bond acceptors (Lipinski definition) is 3. The van der Waals surface area contributed by atoms with E-state index in [1.807, 2.05) is 0 Å². The van der Waals surface area contributed by atoms with Crippen molar-refractivity contribution in [3.8, 4) is 11.1 Å². The maximum absolute atomic E-state index is 2.70. The molecular weight excluding hydrogens is 918 g/mol. The van der Waals surface area contributed by atoms with Gasteiger partial charge in [-0.15, -0.1) is 0 Å². The molecule has 0 saturated carbocycles. The lowest BCUT2D eigenvalue weighted by Gasteiger charge is -2.48. The molecule has 0 unspecified atom stereocenters. The fourth-order valence-corrected chi connectivity index (χ4v) is 13.4. The summed E-state index contributed by atoms with van der Waals surface area (Å²) in [6.07, 6.45) is 2.31. The Bertz CT molecular complexity index is 3750. The lowest BCUT2D eigenvalue weighted by Crippen LogP contribution is -2.62. The summed E-state index contributed by atoms with van der Waals surface area (Å²) >= 11 is 0. The largest absolute Gasteiger partial charge is 0.311 e. The molecule has 12 rings (SSSR count). The third-order valence-electron chi connectivity index (χ3n) is 17.6. The van der Waals surface area contributed by atoms with Gasteiger partial charge in [0.1, 0.15) is 0 Å². The molecule has 9 aromatic carbocycles. The summed E-state index contributed by atoms with van der Waals surface area (Å²) in [5.41, 5.74) is 28.1. The van der Waals surface area contributed by atoms with Gasteiger partial charge >= 0.3 is 0 Å². The molecule has 380 valence electrons. The molecule has 2 aliphatic heterocycles. The van der Waals surface area contributed by atoms with E-state index in [1.165, 1.54) is 117 Å². The van der Waals surface area contributed by atoms with E-state index in [4.69, 9.17) is 0 Å². The van der Waals surface area contributed by atoms with Crippen LogP contribution < -0.4 is 31.1 Å². The van der Waals surface area contributed by atoms with Crippen LogP contribution in [0.1, 0.15) is 127 Å². The van der Waals surface area contributed by atoms with E-state index in [2.05, 4.69) is 281 Å². The zero-order valence-corrected chi connectivity index (χ0v) is 47.5. The Morgan fingerprint density at radius 1 is 0.447 bits per heavy atom. The highest BCUT2D eigenvalue weighted by molar-refractivity contribution is 7.00. The van der Waals surface area contributed by atoms with Crippen molar-refractivity contribution in [1.82, 2.24) is 0 Å². The van der Waals surface area contributed by atoms with Gasteiger partial charge in [-0.2, -0.15) is 0 Å². The number of rotatable bonds is 6. The number of hydrogen-bond donors (Lipinski definition) is 0. The first-order valence-corrected chi connectivity index (χ1v) is 27.8. The predicted octanol–water partition coefficient (Wildman–Crippen LogP) is 18.2. The fraction of sp³-hybridized carbons (Fsp3) is 0.278. The smallest absolute Gasteiger partial charge is 0.252 e. The van der Waals surface area contributed by atoms with Gasteiger partial charge in [0.2, 0.25) is 0 Å². The molecule has 3 aliphatic rings. The molecule has 2 heterocycles. The van der Waals surface area contributed by atoms with Gasteiger partial charge in [-0.3, -0.25) is 0 Å². The molecular formula is C72H74BN3. The van der Waals surface area contributed by atoms with Crippen molar-refractivity contribution in [1.29, 1.82) is 0 Å². The van der Waals surface area contributed by atoms with Crippen molar-refractivity contribution in [2.45, 2.75) is 131 Å². The molecule has 0 saturated heterocycles. The highest BCUT2D eigenvalue weighted by Gasteiger charge is 2.48. The minimum Gasteiger partial charge on any atom is -0.311 e. The number of aryl methyl sites for hydroxylation is 4. The van der Waals surface area contributed by atoms with Crippen LogP contribution in [0.15, 0.2) is 170 Å². The minimum atomic E-state index is -0.155. The summed E-state index contributed by atoms with van der Waals surface area (Å²) in [6.45, 7) is 33.4. The Labute approximate surface area is 454 Å². The second-order valence-electron chi connectivity index (χ2n) is 25.9. The molecule has 0 atom stereocenters. The maximum atomic E-state index is 2.70. The molecule has 3 nitrogen and oxygen atoms in total.